The van der Waals surface area contributed by atoms with E-state index in [0.29, 0.717) is 10.8 Å². The van der Waals surface area contributed by atoms with Crippen LogP contribution in [-0.4, -0.2) is 46.5 Å². The summed E-state index contributed by atoms with van der Waals surface area (Å²) >= 11 is 1.32. The van der Waals surface area contributed by atoms with Gasteiger partial charge in [-0.3, -0.25) is 0 Å². The molecule has 7 heteroatoms. The number of hydrogen-bond donors (Lipinski definition) is 2. The van der Waals surface area contributed by atoms with Crippen LogP contribution in [0.4, 0.5) is 0 Å². The molecule has 0 spiro atoms. The average molecular weight is 289 g/mol. The SMILES string of the molecule is CNCc1ccc(S(=O)(=O)NC2CCN(C)C2)s1. The number of thiophene rings is 1. The van der Waals surface area contributed by atoms with E-state index in [1.807, 2.05) is 20.2 Å². The Labute approximate surface area is 112 Å². The van der Waals surface area contributed by atoms with Gasteiger partial charge in [0.15, 0.2) is 0 Å². The third-order valence-corrected chi connectivity index (χ3v) is 6.06. The van der Waals surface area contributed by atoms with Gasteiger partial charge in [0, 0.05) is 24.0 Å². The molecule has 2 heterocycles. The van der Waals surface area contributed by atoms with Gasteiger partial charge in [-0.1, -0.05) is 0 Å². The predicted octanol–water partition coefficient (Wildman–Crippen LogP) is 0.450. The van der Waals surface area contributed by atoms with Crippen LogP contribution in [0.1, 0.15) is 11.3 Å². The van der Waals surface area contributed by atoms with Crippen LogP contribution in [0, 0.1) is 0 Å². The fourth-order valence-corrected chi connectivity index (χ4v) is 4.73. The van der Waals surface area contributed by atoms with Crippen molar-refractivity contribution < 1.29 is 8.42 Å². The summed E-state index contributed by atoms with van der Waals surface area (Å²) < 4.78 is 27.5. The van der Waals surface area contributed by atoms with Gasteiger partial charge >= 0.3 is 0 Å². The van der Waals surface area contributed by atoms with Gasteiger partial charge in [0.05, 0.1) is 0 Å². The molecule has 1 unspecified atom stereocenters. The van der Waals surface area contributed by atoms with Gasteiger partial charge in [0.1, 0.15) is 4.21 Å². The molecule has 18 heavy (non-hydrogen) atoms. The third kappa shape index (κ3) is 3.30. The number of rotatable bonds is 5. The first-order valence-electron chi connectivity index (χ1n) is 5.95. The van der Waals surface area contributed by atoms with E-state index in [1.165, 1.54) is 11.3 Å². The summed E-state index contributed by atoms with van der Waals surface area (Å²) in [6.07, 6.45) is 0.879. The Morgan fingerprint density at radius 2 is 2.28 bits per heavy atom. The Hall–Kier alpha value is -0.470. The molecule has 0 saturated carbocycles. The van der Waals surface area contributed by atoms with Gasteiger partial charge in [0.2, 0.25) is 10.0 Å². The molecule has 1 atom stereocenters. The Morgan fingerprint density at radius 1 is 1.50 bits per heavy atom. The minimum Gasteiger partial charge on any atom is -0.315 e. The molecule has 2 rings (SSSR count). The van der Waals surface area contributed by atoms with Crippen LogP contribution in [-0.2, 0) is 16.6 Å². The summed E-state index contributed by atoms with van der Waals surface area (Å²) in [5.74, 6) is 0. The molecule has 102 valence electrons. The predicted molar refractivity (Wildman–Crippen MR) is 73.3 cm³/mol. The van der Waals surface area contributed by atoms with Crippen LogP contribution in [0.25, 0.3) is 0 Å². The van der Waals surface area contributed by atoms with E-state index in [1.54, 1.807) is 6.07 Å². The van der Waals surface area contributed by atoms with E-state index < -0.39 is 10.0 Å². The molecule has 1 aromatic rings. The molecule has 1 aliphatic heterocycles. The molecule has 1 aliphatic rings. The van der Waals surface area contributed by atoms with E-state index in [-0.39, 0.29) is 6.04 Å². The molecule has 0 aromatic carbocycles. The fourth-order valence-electron chi connectivity index (χ4n) is 2.08. The molecular formula is C11H19N3O2S2. The maximum atomic E-state index is 12.2. The Balaban J connectivity index is 2.05. The smallest absolute Gasteiger partial charge is 0.250 e. The van der Waals surface area contributed by atoms with Crippen molar-refractivity contribution in [3.8, 4) is 0 Å². The molecule has 1 fully saturated rings. The Bertz CT molecular complexity index is 498. The highest BCUT2D eigenvalue weighted by Crippen LogP contribution is 2.22. The van der Waals surface area contributed by atoms with Crippen molar-refractivity contribution in [1.29, 1.82) is 0 Å². The second-order valence-corrected chi connectivity index (χ2v) is 7.73. The van der Waals surface area contributed by atoms with Gasteiger partial charge < -0.3 is 10.2 Å². The first-order chi connectivity index (χ1) is 8.51. The molecule has 2 N–H and O–H groups in total. The minimum absolute atomic E-state index is 0.0369. The van der Waals surface area contributed by atoms with E-state index in [2.05, 4.69) is 14.9 Å². The molecule has 0 amide bonds. The van der Waals surface area contributed by atoms with Crippen molar-refractivity contribution in [3.05, 3.63) is 17.0 Å². The first kappa shape index (κ1) is 14.0. The zero-order valence-corrected chi connectivity index (χ0v) is 12.3. The lowest BCUT2D eigenvalue weighted by Gasteiger charge is -2.12. The second-order valence-electron chi connectivity index (χ2n) is 4.62. The normalized spacial score (nSPS) is 21.6. The summed E-state index contributed by atoms with van der Waals surface area (Å²) in [6.45, 7) is 2.43. The van der Waals surface area contributed by atoms with E-state index in [9.17, 15) is 8.42 Å². The molecule has 5 nitrogen and oxygen atoms in total. The number of likely N-dealkylation sites (tertiary alicyclic amines) is 1. The van der Waals surface area contributed by atoms with Crippen LogP contribution in [0.2, 0.25) is 0 Å². The van der Waals surface area contributed by atoms with Gasteiger partial charge in [0.25, 0.3) is 0 Å². The highest BCUT2D eigenvalue weighted by molar-refractivity contribution is 7.91. The number of sulfonamides is 1. The van der Waals surface area contributed by atoms with Crippen molar-refractivity contribution in [2.45, 2.75) is 23.2 Å². The molecular weight excluding hydrogens is 270 g/mol. The van der Waals surface area contributed by atoms with Gasteiger partial charge in [-0.25, -0.2) is 13.1 Å². The van der Waals surface area contributed by atoms with Crippen molar-refractivity contribution in [2.75, 3.05) is 27.2 Å². The second kappa shape index (κ2) is 5.66. The lowest BCUT2D eigenvalue weighted by molar-refractivity contribution is 0.407. The number of nitrogens with zero attached hydrogens (tertiary/aromatic N) is 1. The van der Waals surface area contributed by atoms with E-state index in [4.69, 9.17) is 0 Å². The lowest BCUT2D eigenvalue weighted by atomic mass is 10.3. The van der Waals surface area contributed by atoms with Crippen molar-refractivity contribution >= 4 is 21.4 Å². The highest BCUT2D eigenvalue weighted by Gasteiger charge is 2.26. The topological polar surface area (TPSA) is 61.4 Å². The molecule has 0 radical (unpaired) electrons. The maximum Gasteiger partial charge on any atom is 0.250 e. The molecule has 0 bridgehead atoms. The lowest BCUT2D eigenvalue weighted by Crippen LogP contribution is -2.36. The van der Waals surface area contributed by atoms with Crippen molar-refractivity contribution in [2.24, 2.45) is 0 Å². The van der Waals surface area contributed by atoms with Crippen LogP contribution >= 0.6 is 11.3 Å². The van der Waals surface area contributed by atoms with Gasteiger partial charge in [-0.15, -0.1) is 11.3 Å². The fraction of sp³-hybridized carbons (Fsp3) is 0.636. The summed E-state index contributed by atoms with van der Waals surface area (Å²) in [5, 5.41) is 3.02. The Morgan fingerprint density at radius 3 is 2.89 bits per heavy atom. The number of likely N-dealkylation sites (N-methyl/N-ethyl adjacent to an activating group) is 1. The number of hydrogen-bond acceptors (Lipinski definition) is 5. The molecule has 1 aromatic heterocycles. The first-order valence-corrected chi connectivity index (χ1v) is 8.25. The largest absolute Gasteiger partial charge is 0.315 e. The zero-order chi connectivity index (χ0) is 13.2. The van der Waals surface area contributed by atoms with Gasteiger partial charge in [-0.05, 0) is 39.2 Å². The third-order valence-electron chi connectivity index (χ3n) is 2.97. The maximum absolute atomic E-state index is 12.2. The summed E-state index contributed by atoms with van der Waals surface area (Å²) in [7, 11) is 0.502. The molecule has 1 saturated heterocycles. The summed E-state index contributed by atoms with van der Waals surface area (Å²) in [4.78, 5) is 3.16. The standard InChI is InChI=1S/C11H19N3O2S2/c1-12-7-10-3-4-11(17-10)18(15,16)13-9-5-6-14(2)8-9/h3-4,9,12-13H,5-8H2,1-2H3. The van der Waals surface area contributed by atoms with E-state index >= 15 is 0 Å². The minimum atomic E-state index is -3.35. The summed E-state index contributed by atoms with van der Waals surface area (Å²) in [5.41, 5.74) is 0. The van der Waals surface area contributed by atoms with Crippen LogP contribution in [0.3, 0.4) is 0 Å². The van der Waals surface area contributed by atoms with Crippen LogP contribution in [0.5, 0.6) is 0 Å². The van der Waals surface area contributed by atoms with Crippen molar-refractivity contribution in [3.63, 3.8) is 0 Å². The van der Waals surface area contributed by atoms with Crippen molar-refractivity contribution in [1.82, 2.24) is 14.9 Å². The summed E-state index contributed by atoms with van der Waals surface area (Å²) in [6, 6.07) is 3.57. The number of nitrogens with one attached hydrogen (secondary N) is 2. The monoisotopic (exact) mass is 289 g/mol. The van der Waals surface area contributed by atoms with Crippen LogP contribution < -0.4 is 10.0 Å². The van der Waals surface area contributed by atoms with Crippen LogP contribution in [0.15, 0.2) is 16.3 Å². The molecule has 0 aliphatic carbocycles. The highest BCUT2D eigenvalue weighted by atomic mass is 32.2. The average Bonchev–Trinajstić information content (AvgIpc) is 2.88. The van der Waals surface area contributed by atoms with E-state index in [0.717, 1.165) is 24.4 Å². The zero-order valence-electron chi connectivity index (χ0n) is 10.6. The van der Waals surface area contributed by atoms with Gasteiger partial charge in [-0.2, -0.15) is 0 Å². The quantitative estimate of drug-likeness (QED) is 0.826. The Kier molecular flexibility index (Phi) is 4.39.